The molecule has 2 fully saturated rings. The van der Waals surface area contributed by atoms with Gasteiger partial charge in [0.1, 0.15) is 24.2 Å². The van der Waals surface area contributed by atoms with Crippen molar-refractivity contribution in [3.8, 4) is 5.75 Å². The standard InChI is InChI=1S/C27H32Cl2FN5O5.CH2O2/c28-21-5-4-16(10-22(21)29)13-32-26(37)23(6-7-25(36)33-39)34-9-8-19(15-40-20-3-1-2-17(30)11-20)35-14-18(31)12-24(35)27(34)38;2-1-3/h1-5,10-11,18-19,23-24,39H,6-9,12-15,31H2,(H,32,37)(H,33,36);1H,(H,2,3)/t18-,19?,23-,24+;/m1./s1. The van der Waals surface area contributed by atoms with Crippen LogP contribution in [0.3, 0.4) is 0 Å². The minimum atomic E-state index is -0.978. The average molecular weight is 643 g/mol. The number of hydrogen-bond acceptors (Lipinski definition) is 8. The second kappa shape index (κ2) is 16.4. The molecule has 43 heavy (non-hydrogen) atoms. The molecule has 234 valence electrons. The van der Waals surface area contributed by atoms with Crippen molar-refractivity contribution in [3.05, 3.63) is 63.9 Å². The maximum atomic E-state index is 13.8. The molecule has 0 saturated carbocycles. The van der Waals surface area contributed by atoms with Crippen molar-refractivity contribution in [1.29, 1.82) is 0 Å². The lowest BCUT2D eigenvalue weighted by molar-refractivity contribution is -0.143. The number of ether oxygens (including phenoxy) is 1. The molecule has 4 atom stereocenters. The van der Waals surface area contributed by atoms with Gasteiger partial charge in [-0.3, -0.25) is 29.3 Å². The number of carbonyl (C=O) groups excluding carboxylic acids is 3. The van der Waals surface area contributed by atoms with Gasteiger partial charge >= 0.3 is 0 Å². The molecular formula is C28H34Cl2FN5O7. The molecule has 0 aliphatic carbocycles. The van der Waals surface area contributed by atoms with Crippen LogP contribution in [0, 0.1) is 5.82 Å². The summed E-state index contributed by atoms with van der Waals surface area (Å²) in [6, 6.07) is 8.81. The van der Waals surface area contributed by atoms with Crippen LogP contribution in [0.2, 0.25) is 10.0 Å². The van der Waals surface area contributed by atoms with Crippen molar-refractivity contribution < 1.29 is 38.6 Å². The molecular weight excluding hydrogens is 608 g/mol. The Morgan fingerprint density at radius 1 is 1.21 bits per heavy atom. The maximum Gasteiger partial charge on any atom is 0.290 e. The van der Waals surface area contributed by atoms with E-state index in [-0.39, 0.29) is 57.0 Å². The molecule has 2 aliphatic rings. The number of fused-ring (bicyclic) bond motifs is 1. The van der Waals surface area contributed by atoms with Crippen molar-refractivity contribution in [1.82, 2.24) is 20.6 Å². The smallest absolute Gasteiger partial charge is 0.290 e. The van der Waals surface area contributed by atoms with Gasteiger partial charge in [-0.25, -0.2) is 9.87 Å². The molecule has 2 aliphatic heterocycles. The first-order valence-electron chi connectivity index (χ1n) is 13.5. The van der Waals surface area contributed by atoms with E-state index in [1.165, 1.54) is 17.0 Å². The van der Waals surface area contributed by atoms with E-state index in [1.54, 1.807) is 35.8 Å². The van der Waals surface area contributed by atoms with Crippen molar-refractivity contribution in [2.24, 2.45) is 5.73 Å². The van der Waals surface area contributed by atoms with Crippen molar-refractivity contribution in [2.75, 3.05) is 19.7 Å². The van der Waals surface area contributed by atoms with Crippen molar-refractivity contribution in [2.45, 2.75) is 56.4 Å². The summed E-state index contributed by atoms with van der Waals surface area (Å²) in [5.74, 6) is -1.42. The molecule has 2 aromatic carbocycles. The highest BCUT2D eigenvalue weighted by molar-refractivity contribution is 6.42. The number of rotatable bonds is 10. The second-order valence-electron chi connectivity index (χ2n) is 10.1. The predicted molar refractivity (Wildman–Crippen MR) is 155 cm³/mol. The Kier molecular flexibility index (Phi) is 13.0. The molecule has 2 heterocycles. The van der Waals surface area contributed by atoms with Gasteiger partial charge in [0.2, 0.25) is 17.7 Å². The highest BCUT2D eigenvalue weighted by Crippen LogP contribution is 2.29. The van der Waals surface area contributed by atoms with Crippen LogP contribution in [0.1, 0.15) is 31.2 Å². The molecule has 0 bridgehead atoms. The fraction of sp³-hybridized carbons (Fsp3) is 0.429. The van der Waals surface area contributed by atoms with E-state index in [4.69, 9.17) is 48.8 Å². The summed E-state index contributed by atoms with van der Waals surface area (Å²) in [6.45, 7) is 0.784. The van der Waals surface area contributed by atoms with Gasteiger partial charge in [-0.1, -0.05) is 35.3 Å². The summed E-state index contributed by atoms with van der Waals surface area (Å²) in [5.41, 5.74) is 8.53. The van der Waals surface area contributed by atoms with Gasteiger partial charge in [-0.15, -0.1) is 0 Å². The van der Waals surface area contributed by atoms with Crippen LogP contribution < -0.4 is 21.3 Å². The number of hydrogen-bond donors (Lipinski definition) is 5. The Balaban J connectivity index is 0.00000162. The van der Waals surface area contributed by atoms with Crippen molar-refractivity contribution >= 4 is 47.4 Å². The summed E-state index contributed by atoms with van der Waals surface area (Å²) in [7, 11) is 0. The van der Waals surface area contributed by atoms with E-state index in [1.807, 2.05) is 4.90 Å². The van der Waals surface area contributed by atoms with Crippen LogP contribution in [0.15, 0.2) is 42.5 Å². The molecule has 3 amide bonds. The van der Waals surface area contributed by atoms with Gasteiger partial charge in [-0.2, -0.15) is 0 Å². The summed E-state index contributed by atoms with van der Waals surface area (Å²) in [5, 5.41) is 19.4. The number of hydroxylamine groups is 1. The highest BCUT2D eigenvalue weighted by Gasteiger charge is 2.46. The van der Waals surface area contributed by atoms with E-state index in [2.05, 4.69) is 5.32 Å². The number of carboxylic acid groups (broad SMARTS) is 1. The van der Waals surface area contributed by atoms with E-state index in [0.717, 1.165) is 0 Å². The SMILES string of the molecule is N[C@@H]1C[C@H]2C(=O)N([C@H](CCC(=O)NO)C(=O)NCc3ccc(Cl)c(Cl)c3)CCC(COc3cccc(F)c3)N2C1.O=CO. The average Bonchev–Trinajstić information content (AvgIpc) is 3.32. The lowest BCUT2D eigenvalue weighted by Gasteiger charge is -2.32. The fourth-order valence-corrected chi connectivity index (χ4v) is 5.56. The van der Waals surface area contributed by atoms with Crippen LogP contribution in [0.4, 0.5) is 4.39 Å². The van der Waals surface area contributed by atoms with Crippen LogP contribution in [-0.2, 0) is 25.7 Å². The van der Waals surface area contributed by atoms with E-state index in [9.17, 15) is 18.8 Å². The van der Waals surface area contributed by atoms with E-state index in [0.29, 0.717) is 40.7 Å². The van der Waals surface area contributed by atoms with Crippen LogP contribution in [0.5, 0.6) is 5.75 Å². The lowest BCUT2D eigenvalue weighted by atomic mass is 10.0. The summed E-state index contributed by atoms with van der Waals surface area (Å²) in [6.07, 6.45) is 0.688. The fourth-order valence-electron chi connectivity index (χ4n) is 5.24. The molecule has 0 aromatic heterocycles. The number of amides is 3. The number of benzene rings is 2. The zero-order valence-electron chi connectivity index (χ0n) is 23.1. The summed E-state index contributed by atoms with van der Waals surface area (Å²) >= 11 is 12.1. The Morgan fingerprint density at radius 2 is 1.95 bits per heavy atom. The molecule has 1 unspecified atom stereocenters. The van der Waals surface area contributed by atoms with Crippen molar-refractivity contribution in [3.63, 3.8) is 0 Å². The summed E-state index contributed by atoms with van der Waals surface area (Å²) in [4.78, 5) is 51.0. The van der Waals surface area contributed by atoms with E-state index >= 15 is 0 Å². The second-order valence-corrected chi connectivity index (χ2v) is 10.9. The summed E-state index contributed by atoms with van der Waals surface area (Å²) < 4.78 is 19.5. The number of nitrogens with two attached hydrogens (primary N) is 1. The van der Waals surface area contributed by atoms with Gasteiger partial charge in [0.05, 0.1) is 16.1 Å². The molecule has 12 nitrogen and oxygen atoms in total. The molecule has 0 spiro atoms. The van der Waals surface area contributed by atoms with Crippen LogP contribution in [0.25, 0.3) is 0 Å². The largest absolute Gasteiger partial charge is 0.492 e. The van der Waals surface area contributed by atoms with Gasteiger partial charge < -0.3 is 25.8 Å². The zero-order chi connectivity index (χ0) is 31.5. The Bertz CT molecular complexity index is 1290. The monoisotopic (exact) mass is 641 g/mol. The first-order valence-corrected chi connectivity index (χ1v) is 14.3. The maximum absolute atomic E-state index is 13.8. The number of nitrogens with one attached hydrogen (secondary N) is 2. The zero-order valence-corrected chi connectivity index (χ0v) is 24.6. The van der Waals surface area contributed by atoms with Gasteiger partial charge in [0.25, 0.3) is 6.47 Å². The van der Waals surface area contributed by atoms with E-state index < -0.39 is 29.7 Å². The lowest BCUT2D eigenvalue weighted by Crippen LogP contribution is -2.53. The molecule has 4 rings (SSSR count). The predicted octanol–water partition coefficient (Wildman–Crippen LogP) is 2.19. The highest BCUT2D eigenvalue weighted by atomic mass is 35.5. The minimum absolute atomic E-state index is 0.00538. The van der Waals surface area contributed by atoms with Gasteiger partial charge in [0, 0.05) is 44.2 Å². The third-order valence-corrected chi connectivity index (χ3v) is 7.99. The third kappa shape index (κ3) is 9.50. The Morgan fingerprint density at radius 3 is 2.63 bits per heavy atom. The van der Waals surface area contributed by atoms with Crippen LogP contribution >= 0.6 is 23.2 Å². The number of carbonyl (C=O) groups is 4. The molecule has 0 radical (unpaired) electrons. The molecule has 2 saturated heterocycles. The minimum Gasteiger partial charge on any atom is -0.492 e. The molecule has 2 aromatic rings. The topological polar surface area (TPSA) is 175 Å². The third-order valence-electron chi connectivity index (χ3n) is 7.25. The molecule has 15 heteroatoms. The first kappa shape index (κ1) is 34.0. The van der Waals surface area contributed by atoms with Crippen LogP contribution in [-0.4, -0.2) is 88.2 Å². The number of nitrogens with zero attached hydrogens (tertiary/aromatic N) is 2. The Hall–Kier alpha value is -3.49. The van der Waals surface area contributed by atoms with Gasteiger partial charge in [0.15, 0.2) is 0 Å². The Labute approximate surface area is 257 Å². The molecule has 6 N–H and O–H groups in total. The number of halogens is 3. The quantitative estimate of drug-likeness (QED) is 0.148. The first-order chi connectivity index (χ1) is 20.6. The normalized spacial score (nSPS) is 20.6. The van der Waals surface area contributed by atoms with Gasteiger partial charge in [-0.05, 0) is 49.1 Å².